The normalized spacial score (nSPS) is 25.7. The van der Waals surface area contributed by atoms with Gasteiger partial charge < -0.3 is 10.2 Å². The first-order chi connectivity index (χ1) is 11.7. The van der Waals surface area contributed by atoms with Crippen molar-refractivity contribution >= 4 is 23.1 Å². The predicted octanol–water partition coefficient (Wildman–Crippen LogP) is 2.96. The lowest BCUT2D eigenvalue weighted by atomic mass is 9.65. The number of nitrogens with zero attached hydrogens (tertiary/aromatic N) is 3. The highest BCUT2D eigenvalue weighted by Gasteiger charge is 2.49. The molecule has 1 saturated heterocycles. The Hall–Kier alpha value is -1.95. The topological polar surface area (TPSA) is 58.1 Å². The van der Waals surface area contributed by atoms with Gasteiger partial charge >= 0.3 is 0 Å². The molecule has 2 aromatic heterocycles. The first-order valence-corrected chi connectivity index (χ1v) is 9.43. The van der Waals surface area contributed by atoms with Crippen molar-refractivity contribution in [1.29, 1.82) is 0 Å². The van der Waals surface area contributed by atoms with Crippen LogP contribution in [0.1, 0.15) is 30.6 Å². The van der Waals surface area contributed by atoms with Gasteiger partial charge in [0.25, 0.3) is 0 Å². The maximum Gasteiger partial charge on any atom is 0.222 e. The van der Waals surface area contributed by atoms with E-state index >= 15 is 0 Å². The Kier molecular flexibility index (Phi) is 4.22. The highest BCUT2D eigenvalue weighted by Crippen LogP contribution is 2.49. The van der Waals surface area contributed by atoms with Crippen LogP contribution in [0.5, 0.6) is 0 Å². The van der Waals surface area contributed by atoms with E-state index in [1.807, 2.05) is 6.07 Å². The van der Waals surface area contributed by atoms with Gasteiger partial charge in [0.15, 0.2) is 0 Å². The van der Waals surface area contributed by atoms with Crippen molar-refractivity contribution in [2.24, 2.45) is 5.41 Å². The molecule has 2 fully saturated rings. The number of rotatable bonds is 5. The Balaban J connectivity index is 1.24. The molecule has 0 bridgehead atoms. The number of hydrogen-bond donors (Lipinski definition) is 1. The third kappa shape index (κ3) is 3.29. The number of carbonyl (C=O) groups excluding carboxylic acids is 1. The molecule has 0 atom stereocenters. The van der Waals surface area contributed by atoms with Crippen molar-refractivity contribution in [3.05, 3.63) is 41.0 Å². The second-order valence-electron chi connectivity index (χ2n) is 6.99. The SMILES string of the molecule is O=C(CCc1cccs1)N1CCC2(CC(Nc3ccncn3)C2)C1. The van der Waals surface area contributed by atoms with Gasteiger partial charge in [0.1, 0.15) is 12.1 Å². The fourth-order valence-corrected chi connectivity index (χ4v) is 4.71. The zero-order chi connectivity index (χ0) is 16.4. The summed E-state index contributed by atoms with van der Waals surface area (Å²) >= 11 is 1.73. The van der Waals surface area contributed by atoms with E-state index in [4.69, 9.17) is 0 Å². The van der Waals surface area contributed by atoms with E-state index in [-0.39, 0.29) is 0 Å². The number of hydrogen-bond acceptors (Lipinski definition) is 5. The molecule has 1 spiro atoms. The molecule has 2 aromatic rings. The number of carbonyl (C=O) groups is 1. The second kappa shape index (κ2) is 6.51. The maximum absolute atomic E-state index is 12.4. The van der Waals surface area contributed by atoms with Crippen LogP contribution in [0.4, 0.5) is 5.82 Å². The highest BCUT2D eigenvalue weighted by atomic mass is 32.1. The van der Waals surface area contributed by atoms with E-state index in [0.29, 0.717) is 23.8 Å². The molecule has 24 heavy (non-hydrogen) atoms. The third-order valence-corrected chi connectivity index (χ3v) is 6.19. The fraction of sp³-hybridized carbons (Fsp3) is 0.500. The van der Waals surface area contributed by atoms with Gasteiger partial charge in [-0.2, -0.15) is 0 Å². The van der Waals surface area contributed by atoms with Crippen LogP contribution in [-0.4, -0.2) is 39.9 Å². The lowest BCUT2D eigenvalue weighted by Crippen LogP contribution is -2.47. The van der Waals surface area contributed by atoms with Crippen molar-refractivity contribution in [3.63, 3.8) is 0 Å². The van der Waals surface area contributed by atoms with E-state index in [1.165, 1.54) is 4.88 Å². The predicted molar refractivity (Wildman–Crippen MR) is 94.9 cm³/mol. The molecule has 1 amide bonds. The van der Waals surface area contributed by atoms with Crippen molar-refractivity contribution in [1.82, 2.24) is 14.9 Å². The van der Waals surface area contributed by atoms with Crippen molar-refractivity contribution in [2.45, 2.75) is 38.1 Å². The summed E-state index contributed by atoms with van der Waals surface area (Å²) in [7, 11) is 0. The summed E-state index contributed by atoms with van der Waals surface area (Å²) in [6.07, 6.45) is 8.24. The van der Waals surface area contributed by atoms with Gasteiger partial charge in [0.05, 0.1) is 0 Å². The van der Waals surface area contributed by atoms with Crippen LogP contribution in [-0.2, 0) is 11.2 Å². The largest absolute Gasteiger partial charge is 0.367 e. The Morgan fingerprint density at radius 1 is 1.42 bits per heavy atom. The Bertz CT molecular complexity index is 682. The van der Waals surface area contributed by atoms with Gasteiger partial charge in [-0.25, -0.2) is 9.97 Å². The monoisotopic (exact) mass is 342 g/mol. The third-order valence-electron chi connectivity index (χ3n) is 5.25. The molecule has 0 radical (unpaired) electrons. The molecular weight excluding hydrogens is 320 g/mol. The molecule has 1 N–H and O–H groups in total. The number of thiophene rings is 1. The van der Waals surface area contributed by atoms with Crippen LogP contribution in [0.25, 0.3) is 0 Å². The van der Waals surface area contributed by atoms with Gasteiger partial charge in [0.2, 0.25) is 5.91 Å². The molecule has 3 heterocycles. The van der Waals surface area contributed by atoms with E-state index < -0.39 is 0 Å². The summed E-state index contributed by atoms with van der Waals surface area (Å²) in [5, 5.41) is 5.54. The lowest BCUT2D eigenvalue weighted by molar-refractivity contribution is -0.130. The number of aromatic nitrogens is 2. The summed E-state index contributed by atoms with van der Waals surface area (Å²) in [6.45, 7) is 1.85. The number of aryl methyl sites for hydroxylation is 1. The molecule has 6 heteroatoms. The molecule has 0 aromatic carbocycles. The summed E-state index contributed by atoms with van der Waals surface area (Å²) in [4.78, 5) is 24.0. The minimum atomic E-state index is 0.312. The summed E-state index contributed by atoms with van der Waals surface area (Å²) in [6, 6.07) is 6.54. The summed E-state index contributed by atoms with van der Waals surface area (Å²) in [5.41, 5.74) is 0.337. The van der Waals surface area contributed by atoms with Crippen LogP contribution in [0.15, 0.2) is 36.1 Å². The fourth-order valence-electron chi connectivity index (χ4n) is 4.00. The van der Waals surface area contributed by atoms with Gasteiger partial charge in [-0.15, -0.1) is 11.3 Å². The molecule has 126 valence electrons. The van der Waals surface area contributed by atoms with Crippen LogP contribution < -0.4 is 5.32 Å². The van der Waals surface area contributed by atoms with Gasteiger partial charge in [0, 0.05) is 36.6 Å². The Labute approximate surface area is 146 Å². The average Bonchev–Trinajstić information content (AvgIpc) is 3.23. The molecule has 5 nitrogen and oxygen atoms in total. The van der Waals surface area contributed by atoms with Crippen molar-refractivity contribution < 1.29 is 4.79 Å². The van der Waals surface area contributed by atoms with E-state index in [9.17, 15) is 4.79 Å². The Morgan fingerprint density at radius 2 is 2.33 bits per heavy atom. The molecule has 4 rings (SSSR count). The molecule has 1 aliphatic carbocycles. The minimum absolute atomic E-state index is 0.312. The van der Waals surface area contributed by atoms with Crippen molar-refractivity contribution in [3.8, 4) is 0 Å². The first kappa shape index (κ1) is 15.6. The zero-order valence-electron chi connectivity index (χ0n) is 13.6. The number of likely N-dealkylation sites (tertiary alicyclic amines) is 1. The zero-order valence-corrected chi connectivity index (χ0v) is 14.5. The van der Waals surface area contributed by atoms with E-state index in [1.54, 1.807) is 23.9 Å². The molecule has 1 saturated carbocycles. The van der Waals surface area contributed by atoms with Gasteiger partial charge in [-0.1, -0.05) is 6.07 Å². The van der Waals surface area contributed by atoms with Crippen LogP contribution in [0.2, 0.25) is 0 Å². The maximum atomic E-state index is 12.4. The average molecular weight is 342 g/mol. The minimum Gasteiger partial charge on any atom is -0.367 e. The number of nitrogens with one attached hydrogen (secondary N) is 1. The standard InChI is InChI=1S/C18H22N4OS/c23-17(4-3-15-2-1-9-24-15)22-8-6-18(12-22)10-14(11-18)21-16-5-7-19-13-20-16/h1-2,5,7,9,13-14H,3-4,6,8,10-12H2,(H,19,20,21). The summed E-state index contributed by atoms with van der Waals surface area (Å²) in [5.74, 6) is 1.21. The lowest BCUT2D eigenvalue weighted by Gasteiger charge is -2.45. The van der Waals surface area contributed by atoms with Gasteiger partial charge in [-0.05, 0) is 48.6 Å². The van der Waals surface area contributed by atoms with Crippen LogP contribution in [0, 0.1) is 5.41 Å². The highest BCUT2D eigenvalue weighted by molar-refractivity contribution is 7.09. The van der Waals surface area contributed by atoms with E-state index in [2.05, 4.69) is 37.7 Å². The molecular formula is C18H22N4OS. The first-order valence-electron chi connectivity index (χ1n) is 8.55. The number of anilines is 1. The molecule has 2 aliphatic rings. The summed E-state index contributed by atoms with van der Waals surface area (Å²) < 4.78 is 0. The Morgan fingerprint density at radius 3 is 3.08 bits per heavy atom. The van der Waals surface area contributed by atoms with Crippen molar-refractivity contribution in [2.75, 3.05) is 18.4 Å². The van der Waals surface area contributed by atoms with Gasteiger partial charge in [-0.3, -0.25) is 4.79 Å². The molecule has 1 aliphatic heterocycles. The smallest absolute Gasteiger partial charge is 0.222 e. The van der Waals surface area contributed by atoms with E-state index in [0.717, 1.165) is 44.6 Å². The molecule has 0 unspecified atom stereocenters. The van der Waals surface area contributed by atoms with Crippen LogP contribution >= 0.6 is 11.3 Å². The second-order valence-corrected chi connectivity index (χ2v) is 8.02. The number of amides is 1. The van der Waals surface area contributed by atoms with Crippen LogP contribution in [0.3, 0.4) is 0 Å². The quantitative estimate of drug-likeness (QED) is 0.907.